The largest absolute Gasteiger partial charge is 0.431 e. The van der Waals surface area contributed by atoms with Crippen LogP contribution in [0.5, 0.6) is 0 Å². The Labute approximate surface area is 80.0 Å². The van der Waals surface area contributed by atoms with Gasteiger partial charge in [-0.3, -0.25) is 4.79 Å². The van der Waals surface area contributed by atoms with Crippen molar-refractivity contribution in [3.8, 4) is 0 Å². The number of ether oxygens (including phenoxy) is 2. The molecule has 0 bridgehead atoms. The molecule has 0 aromatic carbocycles. The van der Waals surface area contributed by atoms with Crippen molar-refractivity contribution in [2.24, 2.45) is 5.92 Å². The summed E-state index contributed by atoms with van der Waals surface area (Å²) in [7, 11) is 0. The molecule has 0 N–H and O–H groups in total. The number of esters is 2. The van der Waals surface area contributed by atoms with E-state index in [1.54, 1.807) is 0 Å². The maximum absolute atomic E-state index is 12.7. The molecule has 0 amide bonds. The van der Waals surface area contributed by atoms with Gasteiger partial charge in [0.15, 0.2) is 0 Å². The fraction of sp³-hybridized carbons (Fsp3) is 0.333. The summed E-state index contributed by atoms with van der Waals surface area (Å²) >= 11 is 0. The van der Waals surface area contributed by atoms with Crippen LogP contribution in [0.2, 0.25) is 0 Å². The van der Waals surface area contributed by atoms with Gasteiger partial charge in [-0.1, -0.05) is 6.58 Å². The fourth-order valence-electron chi connectivity index (χ4n) is 0.705. The standard InChI is InChI=1S/C9H9FO4/c1-2-13-9(12)7(10)5-14-8(11)6-3-4-6/h2,5-6H,1,3-4H2. The topological polar surface area (TPSA) is 52.6 Å². The van der Waals surface area contributed by atoms with Gasteiger partial charge in [0.2, 0.25) is 5.83 Å². The number of carbonyl (C=O) groups is 2. The molecule has 5 heteroatoms. The Morgan fingerprint density at radius 1 is 1.36 bits per heavy atom. The lowest BCUT2D eigenvalue weighted by atomic mass is 10.4. The minimum absolute atomic E-state index is 0.144. The van der Waals surface area contributed by atoms with E-state index in [-0.39, 0.29) is 5.92 Å². The molecule has 0 aliphatic heterocycles. The number of halogens is 1. The van der Waals surface area contributed by atoms with E-state index in [1.165, 1.54) is 0 Å². The van der Waals surface area contributed by atoms with E-state index in [1.807, 2.05) is 0 Å². The Hall–Kier alpha value is -1.65. The Balaban J connectivity index is 2.38. The van der Waals surface area contributed by atoms with E-state index in [9.17, 15) is 14.0 Å². The molecule has 1 fully saturated rings. The fourth-order valence-corrected chi connectivity index (χ4v) is 0.705. The molecule has 0 aromatic heterocycles. The van der Waals surface area contributed by atoms with E-state index in [2.05, 4.69) is 16.1 Å². The lowest BCUT2D eigenvalue weighted by Gasteiger charge is -1.97. The second-order valence-electron chi connectivity index (χ2n) is 2.75. The van der Waals surface area contributed by atoms with Crippen LogP contribution in [0.1, 0.15) is 12.8 Å². The smallest absolute Gasteiger partial charge is 0.375 e. The summed E-state index contributed by atoms with van der Waals surface area (Å²) in [6.45, 7) is 3.07. The molecule has 0 heterocycles. The van der Waals surface area contributed by atoms with Crippen molar-refractivity contribution in [2.75, 3.05) is 0 Å². The summed E-state index contributed by atoms with van der Waals surface area (Å²) in [4.78, 5) is 21.5. The summed E-state index contributed by atoms with van der Waals surface area (Å²) in [6.07, 6.45) is 2.75. The molecule has 14 heavy (non-hydrogen) atoms. The highest BCUT2D eigenvalue weighted by Gasteiger charge is 2.31. The van der Waals surface area contributed by atoms with E-state index in [0.29, 0.717) is 6.26 Å². The molecule has 4 nitrogen and oxygen atoms in total. The van der Waals surface area contributed by atoms with Gasteiger partial charge in [-0.25, -0.2) is 4.79 Å². The molecular formula is C9H9FO4. The zero-order valence-electron chi connectivity index (χ0n) is 7.36. The van der Waals surface area contributed by atoms with Gasteiger partial charge in [-0.15, -0.1) is 0 Å². The zero-order valence-corrected chi connectivity index (χ0v) is 7.36. The van der Waals surface area contributed by atoms with Crippen molar-refractivity contribution in [1.82, 2.24) is 0 Å². The first-order chi connectivity index (χ1) is 6.65. The molecule has 0 atom stereocenters. The van der Waals surface area contributed by atoms with Gasteiger partial charge >= 0.3 is 11.9 Å². The van der Waals surface area contributed by atoms with Crippen molar-refractivity contribution in [1.29, 1.82) is 0 Å². The van der Waals surface area contributed by atoms with Crippen LogP contribution in [-0.4, -0.2) is 11.9 Å². The average molecular weight is 200 g/mol. The van der Waals surface area contributed by atoms with Crippen LogP contribution in [0.15, 0.2) is 24.9 Å². The molecule has 0 spiro atoms. The molecule has 1 aliphatic rings. The third-order valence-corrected chi connectivity index (χ3v) is 1.57. The van der Waals surface area contributed by atoms with Gasteiger partial charge in [-0.05, 0) is 12.8 Å². The number of hydrogen-bond donors (Lipinski definition) is 0. The van der Waals surface area contributed by atoms with Gasteiger partial charge in [0, 0.05) is 0 Å². The van der Waals surface area contributed by atoms with Gasteiger partial charge in [0.25, 0.3) is 0 Å². The van der Waals surface area contributed by atoms with Crippen molar-refractivity contribution < 1.29 is 23.5 Å². The predicted molar refractivity (Wildman–Crippen MR) is 44.3 cm³/mol. The summed E-state index contributed by atoms with van der Waals surface area (Å²) in [5.41, 5.74) is 0. The maximum Gasteiger partial charge on any atom is 0.375 e. The summed E-state index contributed by atoms with van der Waals surface area (Å²) in [5.74, 6) is -3.16. The molecule has 0 saturated heterocycles. The first-order valence-electron chi connectivity index (χ1n) is 4.03. The lowest BCUT2D eigenvalue weighted by molar-refractivity contribution is -0.140. The SMILES string of the molecule is C=COC(=O)C(F)=COC(=O)C1CC1. The zero-order chi connectivity index (χ0) is 10.6. The minimum Gasteiger partial charge on any atom is -0.431 e. The van der Waals surface area contributed by atoms with Crippen LogP contribution in [0.3, 0.4) is 0 Å². The van der Waals surface area contributed by atoms with Crippen LogP contribution >= 0.6 is 0 Å². The van der Waals surface area contributed by atoms with Crippen molar-refractivity contribution in [3.63, 3.8) is 0 Å². The monoisotopic (exact) mass is 200 g/mol. The highest BCUT2D eigenvalue weighted by Crippen LogP contribution is 2.30. The van der Waals surface area contributed by atoms with Gasteiger partial charge in [0.1, 0.15) is 6.26 Å². The van der Waals surface area contributed by atoms with Gasteiger partial charge < -0.3 is 9.47 Å². The molecule has 1 rings (SSSR count). The van der Waals surface area contributed by atoms with Crippen LogP contribution in [0, 0.1) is 5.92 Å². The summed E-state index contributed by atoms with van der Waals surface area (Å²) in [5, 5.41) is 0. The van der Waals surface area contributed by atoms with Gasteiger partial charge in [0.05, 0.1) is 12.2 Å². The first-order valence-corrected chi connectivity index (χ1v) is 4.03. The summed E-state index contributed by atoms with van der Waals surface area (Å²) in [6, 6.07) is 0. The Kier molecular flexibility index (Phi) is 3.39. The van der Waals surface area contributed by atoms with Crippen molar-refractivity contribution in [3.05, 3.63) is 24.9 Å². The number of rotatable bonds is 4. The molecule has 1 aliphatic carbocycles. The second kappa shape index (κ2) is 4.55. The predicted octanol–water partition coefficient (Wildman–Crippen LogP) is 1.44. The number of carbonyl (C=O) groups excluding carboxylic acids is 2. The summed E-state index contributed by atoms with van der Waals surface area (Å²) < 4.78 is 21.2. The Bertz CT molecular complexity index is 291. The third-order valence-electron chi connectivity index (χ3n) is 1.57. The van der Waals surface area contributed by atoms with E-state index in [0.717, 1.165) is 19.1 Å². The van der Waals surface area contributed by atoms with E-state index < -0.39 is 17.8 Å². The molecule has 1 saturated carbocycles. The average Bonchev–Trinajstić information content (AvgIpc) is 2.97. The van der Waals surface area contributed by atoms with E-state index >= 15 is 0 Å². The number of hydrogen-bond acceptors (Lipinski definition) is 4. The minimum atomic E-state index is -1.26. The van der Waals surface area contributed by atoms with Crippen molar-refractivity contribution in [2.45, 2.75) is 12.8 Å². The second-order valence-corrected chi connectivity index (χ2v) is 2.75. The van der Waals surface area contributed by atoms with Crippen LogP contribution in [0.25, 0.3) is 0 Å². The third kappa shape index (κ3) is 3.01. The van der Waals surface area contributed by atoms with Crippen LogP contribution < -0.4 is 0 Å². The Morgan fingerprint density at radius 2 is 2.00 bits per heavy atom. The molecule has 76 valence electrons. The van der Waals surface area contributed by atoms with Crippen LogP contribution in [0.4, 0.5) is 4.39 Å². The maximum atomic E-state index is 12.7. The van der Waals surface area contributed by atoms with Gasteiger partial charge in [-0.2, -0.15) is 4.39 Å². The highest BCUT2D eigenvalue weighted by molar-refractivity contribution is 5.86. The lowest BCUT2D eigenvalue weighted by Crippen LogP contribution is -2.05. The molecular weight excluding hydrogens is 191 g/mol. The normalized spacial score (nSPS) is 15.9. The quantitative estimate of drug-likeness (QED) is 0.391. The molecule has 0 aromatic rings. The van der Waals surface area contributed by atoms with Crippen molar-refractivity contribution >= 4 is 11.9 Å². The Morgan fingerprint density at radius 3 is 2.50 bits per heavy atom. The molecule has 0 radical (unpaired) electrons. The van der Waals surface area contributed by atoms with Crippen LogP contribution in [-0.2, 0) is 19.1 Å². The molecule has 0 unspecified atom stereocenters. The van der Waals surface area contributed by atoms with E-state index in [4.69, 9.17) is 0 Å². The first kappa shape index (κ1) is 10.4. The highest BCUT2D eigenvalue weighted by atomic mass is 19.1.